The van der Waals surface area contributed by atoms with Crippen molar-refractivity contribution in [1.29, 1.82) is 0 Å². The summed E-state index contributed by atoms with van der Waals surface area (Å²) in [4.78, 5) is 14.9. The molecule has 0 amide bonds. The van der Waals surface area contributed by atoms with E-state index in [0.717, 1.165) is 0 Å². The van der Waals surface area contributed by atoms with Gasteiger partial charge in [0.25, 0.3) is 0 Å². The van der Waals surface area contributed by atoms with Crippen molar-refractivity contribution < 1.29 is 18.0 Å². The SMILES string of the molecule is O=C1CCCc2nc(C(F)(F)F)sc21. The van der Waals surface area contributed by atoms with Gasteiger partial charge in [-0.05, 0) is 12.8 Å². The average Bonchev–Trinajstić information content (AvgIpc) is 2.48. The van der Waals surface area contributed by atoms with E-state index in [1.807, 2.05) is 0 Å². The first-order chi connectivity index (χ1) is 6.48. The quantitative estimate of drug-likeness (QED) is 0.674. The first-order valence-corrected chi connectivity index (χ1v) is 4.90. The molecule has 0 saturated carbocycles. The number of nitrogens with zero attached hydrogens (tertiary/aromatic N) is 1. The second kappa shape index (κ2) is 3.05. The van der Waals surface area contributed by atoms with Gasteiger partial charge in [0.1, 0.15) is 0 Å². The van der Waals surface area contributed by atoms with Crippen LogP contribution in [0.4, 0.5) is 13.2 Å². The summed E-state index contributed by atoms with van der Waals surface area (Å²) in [5.74, 6) is -0.209. The topological polar surface area (TPSA) is 30.0 Å². The van der Waals surface area contributed by atoms with Gasteiger partial charge in [0.05, 0.1) is 10.6 Å². The largest absolute Gasteiger partial charge is 0.443 e. The number of Topliss-reactive ketones (excluding diaryl/α,β-unsaturated/α-hetero) is 1. The van der Waals surface area contributed by atoms with Gasteiger partial charge in [0, 0.05) is 6.42 Å². The molecule has 14 heavy (non-hydrogen) atoms. The first kappa shape index (κ1) is 9.64. The molecule has 0 aromatic carbocycles. The van der Waals surface area contributed by atoms with E-state index < -0.39 is 11.2 Å². The molecule has 2 nitrogen and oxygen atoms in total. The normalized spacial score (nSPS) is 16.9. The molecule has 1 aromatic rings. The Morgan fingerprint density at radius 3 is 2.57 bits per heavy atom. The van der Waals surface area contributed by atoms with Gasteiger partial charge in [-0.3, -0.25) is 4.79 Å². The number of thiazole rings is 1. The number of aryl methyl sites for hydroxylation is 1. The highest BCUT2D eigenvalue weighted by molar-refractivity contribution is 7.14. The number of hydrogen-bond donors (Lipinski definition) is 0. The van der Waals surface area contributed by atoms with Crippen LogP contribution in [0.25, 0.3) is 0 Å². The van der Waals surface area contributed by atoms with Gasteiger partial charge in [-0.2, -0.15) is 13.2 Å². The van der Waals surface area contributed by atoms with Crippen LogP contribution in [0.5, 0.6) is 0 Å². The van der Waals surface area contributed by atoms with Gasteiger partial charge < -0.3 is 0 Å². The fraction of sp³-hybridized carbons (Fsp3) is 0.500. The Morgan fingerprint density at radius 1 is 1.29 bits per heavy atom. The molecule has 0 N–H and O–H groups in total. The third kappa shape index (κ3) is 1.54. The first-order valence-electron chi connectivity index (χ1n) is 4.08. The molecule has 0 atom stereocenters. The second-order valence-corrected chi connectivity index (χ2v) is 4.07. The monoisotopic (exact) mass is 221 g/mol. The van der Waals surface area contributed by atoms with E-state index in [1.165, 1.54) is 0 Å². The Balaban J connectivity index is 2.45. The number of ketones is 1. The number of hydrogen-bond acceptors (Lipinski definition) is 3. The van der Waals surface area contributed by atoms with Crippen LogP contribution in [0.15, 0.2) is 0 Å². The van der Waals surface area contributed by atoms with Gasteiger partial charge in [0.15, 0.2) is 10.8 Å². The van der Waals surface area contributed by atoms with Crippen LogP contribution in [0.3, 0.4) is 0 Å². The van der Waals surface area contributed by atoms with Gasteiger partial charge in [-0.15, -0.1) is 11.3 Å². The lowest BCUT2D eigenvalue weighted by atomic mass is 10.0. The fourth-order valence-electron chi connectivity index (χ4n) is 1.39. The molecule has 1 aromatic heterocycles. The summed E-state index contributed by atoms with van der Waals surface area (Å²) < 4.78 is 36.7. The van der Waals surface area contributed by atoms with E-state index in [4.69, 9.17) is 0 Å². The van der Waals surface area contributed by atoms with Crippen molar-refractivity contribution in [2.24, 2.45) is 0 Å². The lowest BCUT2D eigenvalue weighted by Crippen LogP contribution is -2.08. The standard InChI is InChI=1S/C8H6F3NOS/c9-8(10,11)7-12-4-2-1-3-5(13)6(4)14-7/h1-3H2. The average molecular weight is 221 g/mol. The molecule has 1 heterocycles. The minimum absolute atomic E-state index is 0.198. The molecule has 0 fully saturated rings. The molecule has 0 aliphatic heterocycles. The van der Waals surface area contributed by atoms with Crippen molar-refractivity contribution in [1.82, 2.24) is 4.98 Å². The summed E-state index contributed by atoms with van der Waals surface area (Å²) in [5, 5.41) is -0.905. The maximum Gasteiger partial charge on any atom is 0.443 e. The molecule has 0 spiro atoms. The molecule has 0 saturated heterocycles. The molecule has 1 aliphatic rings. The van der Waals surface area contributed by atoms with Crippen molar-refractivity contribution in [3.05, 3.63) is 15.6 Å². The lowest BCUT2D eigenvalue weighted by Gasteiger charge is -2.06. The summed E-state index contributed by atoms with van der Waals surface area (Å²) in [6.07, 6.45) is -3.00. The zero-order chi connectivity index (χ0) is 10.3. The maximum atomic E-state index is 12.2. The summed E-state index contributed by atoms with van der Waals surface area (Å²) in [6, 6.07) is 0. The van der Waals surface area contributed by atoms with Crippen LogP contribution >= 0.6 is 11.3 Å². The molecule has 0 bridgehead atoms. The number of rotatable bonds is 0. The van der Waals surface area contributed by atoms with E-state index in [-0.39, 0.29) is 10.7 Å². The van der Waals surface area contributed by atoms with Crippen LogP contribution in [-0.4, -0.2) is 10.8 Å². The fourth-order valence-corrected chi connectivity index (χ4v) is 2.34. The number of carbonyl (C=O) groups excluding carboxylic acids is 1. The summed E-state index contributed by atoms with van der Waals surface area (Å²) >= 11 is 0.465. The number of carbonyl (C=O) groups is 1. The van der Waals surface area contributed by atoms with Gasteiger partial charge >= 0.3 is 6.18 Å². The highest BCUT2D eigenvalue weighted by atomic mass is 32.1. The lowest BCUT2D eigenvalue weighted by molar-refractivity contribution is -0.137. The van der Waals surface area contributed by atoms with E-state index in [9.17, 15) is 18.0 Å². The Kier molecular flexibility index (Phi) is 2.10. The molecule has 2 rings (SSSR count). The van der Waals surface area contributed by atoms with Gasteiger partial charge in [-0.25, -0.2) is 4.98 Å². The third-order valence-electron chi connectivity index (χ3n) is 2.01. The summed E-state index contributed by atoms with van der Waals surface area (Å²) in [6.45, 7) is 0. The number of aromatic nitrogens is 1. The van der Waals surface area contributed by atoms with Crippen LogP contribution in [0, 0.1) is 0 Å². The van der Waals surface area contributed by atoms with Gasteiger partial charge in [0.2, 0.25) is 0 Å². The zero-order valence-electron chi connectivity index (χ0n) is 7.02. The zero-order valence-corrected chi connectivity index (χ0v) is 7.84. The predicted octanol–water partition coefficient (Wildman–Crippen LogP) is 2.68. The highest BCUT2D eigenvalue weighted by Crippen LogP contribution is 2.36. The van der Waals surface area contributed by atoms with E-state index >= 15 is 0 Å². The Hall–Kier alpha value is -0.910. The Labute approximate surface area is 81.8 Å². The molecule has 6 heteroatoms. The predicted molar refractivity (Wildman–Crippen MR) is 44.4 cm³/mol. The van der Waals surface area contributed by atoms with E-state index in [1.54, 1.807) is 0 Å². The molecule has 1 aliphatic carbocycles. The van der Waals surface area contributed by atoms with Gasteiger partial charge in [-0.1, -0.05) is 0 Å². The molecular formula is C8H6F3NOS. The van der Waals surface area contributed by atoms with Crippen LogP contribution in [-0.2, 0) is 12.6 Å². The van der Waals surface area contributed by atoms with Crippen LogP contribution in [0.2, 0.25) is 0 Å². The third-order valence-corrected chi connectivity index (χ3v) is 3.19. The van der Waals surface area contributed by atoms with Crippen LogP contribution < -0.4 is 0 Å². The van der Waals surface area contributed by atoms with E-state index in [0.29, 0.717) is 36.3 Å². The number of fused-ring (bicyclic) bond motifs is 1. The minimum Gasteiger partial charge on any atom is -0.293 e. The van der Waals surface area contributed by atoms with Crippen molar-refractivity contribution in [2.45, 2.75) is 25.4 Å². The maximum absolute atomic E-state index is 12.2. The molecule has 76 valence electrons. The number of alkyl halides is 3. The van der Waals surface area contributed by atoms with E-state index in [2.05, 4.69) is 4.98 Å². The summed E-state index contributed by atoms with van der Waals surface area (Å²) in [7, 11) is 0. The molecule has 0 unspecified atom stereocenters. The van der Waals surface area contributed by atoms with Crippen molar-refractivity contribution in [2.75, 3.05) is 0 Å². The second-order valence-electron chi connectivity index (χ2n) is 3.07. The van der Waals surface area contributed by atoms with Crippen LogP contribution in [0.1, 0.15) is 33.2 Å². The minimum atomic E-state index is -4.43. The summed E-state index contributed by atoms with van der Waals surface area (Å²) in [5.41, 5.74) is 0.318. The molecular weight excluding hydrogens is 215 g/mol. The van der Waals surface area contributed by atoms with Crippen molar-refractivity contribution >= 4 is 17.1 Å². The number of halogens is 3. The Bertz CT molecular complexity index is 382. The molecule has 0 radical (unpaired) electrons. The Morgan fingerprint density at radius 2 is 2.00 bits per heavy atom. The highest BCUT2D eigenvalue weighted by Gasteiger charge is 2.37. The van der Waals surface area contributed by atoms with Crippen molar-refractivity contribution in [3.63, 3.8) is 0 Å². The van der Waals surface area contributed by atoms with Crippen molar-refractivity contribution in [3.8, 4) is 0 Å². The smallest absolute Gasteiger partial charge is 0.293 e.